The van der Waals surface area contributed by atoms with E-state index in [0.717, 1.165) is 12.4 Å². The van der Waals surface area contributed by atoms with Crippen molar-refractivity contribution in [2.45, 2.75) is 19.4 Å². The molecule has 0 radical (unpaired) electrons. The Balaban J connectivity index is 2.24. The van der Waals surface area contributed by atoms with Crippen molar-refractivity contribution in [3.05, 3.63) is 18.1 Å². The summed E-state index contributed by atoms with van der Waals surface area (Å²) in [5.74, 6) is 0.832. The number of morpholine rings is 1. The summed E-state index contributed by atoms with van der Waals surface area (Å²) in [7, 11) is 0. The van der Waals surface area contributed by atoms with Crippen LogP contribution in [-0.4, -0.2) is 40.3 Å². The van der Waals surface area contributed by atoms with Crippen molar-refractivity contribution in [2.24, 2.45) is 5.73 Å². The van der Waals surface area contributed by atoms with Crippen LogP contribution in [0.5, 0.6) is 0 Å². The van der Waals surface area contributed by atoms with E-state index in [4.69, 9.17) is 22.7 Å². The van der Waals surface area contributed by atoms with E-state index in [-0.39, 0.29) is 10.5 Å². The zero-order valence-electron chi connectivity index (χ0n) is 10.0. The number of nitrogens with zero attached hydrogens (tertiary/aromatic N) is 3. The van der Waals surface area contributed by atoms with Crippen molar-refractivity contribution in [2.75, 3.05) is 24.7 Å². The van der Waals surface area contributed by atoms with Gasteiger partial charge in [0.25, 0.3) is 0 Å². The maximum atomic E-state index is 5.49. The summed E-state index contributed by atoms with van der Waals surface area (Å²) in [5, 5.41) is 0. The van der Waals surface area contributed by atoms with Crippen molar-refractivity contribution in [3.8, 4) is 0 Å². The van der Waals surface area contributed by atoms with E-state index in [1.165, 1.54) is 0 Å². The van der Waals surface area contributed by atoms with Crippen LogP contribution in [0.15, 0.2) is 12.4 Å². The first-order valence-electron chi connectivity index (χ1n) is 5.48. The molecule has 1 aliphatic heterocycles. The minimum Gasteiger partial charge on any atom is -0.388 e. The Bertz CT molecular complexity index is 418. The first kappa shape index (κ1) is 12.2. The number of nitrogens with two attached hydrogens (primary N) is 1. The molecule has 1 saturated heterocycles. The van der Waals surface area contributed by atoms with Gasteiger partial charge in [-0.2, -0.15) is 0 Å². The zero-order chi connectivity index (χ0) is 12.5. The third-order valence-electron chi connectivity index (χ3n) is 2.81. The Morgan fingerprint density at radius 3 is 2.76 bits per heavy atom. The Hall–Kier alpha value is -1.27. The monoisotopic (exact) mass is 252 g/mol. The van der Waals surface area contributed by atoms with E-state index < -0.39 is 0 Å². The highest BCUT2D eigenvalue weighted by atomic mass is 32.1. The van der Waals surface area contributed by atoms with Crippen LogP contribution in [0, 0.1) is 0 Å². The molecule has 1 aromatic rings. The number of hydrogen-bond acceptors (Lipinski definition) is 5. The Labute approximate surface area is 106 Å². The van der Waals surface area contributed by atoms with Gasteiger partial charge in [0.2, 0.25) is 0 Å². The van der Waals surface area contributed by atoms with E-state index in [0.29, 0.717) is 18.9 Å². The van der Waals surface area contributed by atoms with Crippen molar-refractivity contribution in [1.82, 2.24) is 9.97 Å². The lowest BCUT2D eigenvalue weighted by molar-refractivity contribution is 0.0639. The van der Waals surface area contributed by atoms with Crippen LogP contribution in [0.2, 0.25) is 0 Å². The van der Waals surface area contributed by atoms with Crippen LogP contribution in [0.25, 0.3) is 0 Å². The largest absolute Gasteiger partial charge is 0.388 e. The van der Waals surface area contributed by atoms with Crippen LogP contribution < -0.4 is 10.6 Å². The molecular weight excluding hydrogens is 236 g/mol. The minimum absolute atomic E-state index is 0.0718. The maximum Gasteiger partial charge on any atom is 0.147 e. The molecule has 0 bridgehead atoms. The van der Waals surface area contributed by atoms with Gasteiger partial charge in [-0.3, -0.25) is 0 Å². The van der Waals surface area contributed by atoms with Crippen molar-refractivity contribution in [1.29, 1.82) is 0 Å². The van der Waals surface area contributed by atoms with Crippen LogP contribution in [0.4, 0.5) is 5.82 Å². The molecule has 0 amide bonds. The number of hydrogen-bond donors (Lipinski definition) is 1. The van der Waals surface area contributed by atoms with Gasteiger partial charge in [-0.1, -0.05) is 12.2 Å². The molecule has 1 aliphatic rings. The third kappa shape index (κ3) is 2.53. The predicted molar refractivity (Wildman–Crippen MR) is 70.2 cm³/mol. The average molecular weight is 252 g/mol. The number of ether oxygens (including phenoxy) is 1. The number of aromatic nitrogens is 2. The summed E-state index contributed by atoms with van der Waals surface area (Å²) in [6.07, 6.45) is 3.32. The normalized spacial score (nSPS) is 19.1. The molecule has 6 heteroatoms. The standard InChI is InChI=1S/C11H16N4OS/c1-11(2)7-16-4-3-15(11)9-6-13-8(5-14-9)10(12)17/h5-6H,3-4,7H2,1-2H3,(H2,12,17). The molecule has 17 heavy (non-hydrogen) atoms. The Kier molecular flexibility index (Phi) is 3.26. The highest BCUT2D eigenvalue weighted by molar-refractivity contribution is 7.80. The van der Waals surface area contributed by atoms with Crippen molar-refractivity contribution in [3.63, 3.8) is 0 Å². The Morgan fingerprint density at radius 1 is 1.47 bits per heavy atom. The SMILES string of the molecule is CC1(C)COCCN1c1cnc(C(N)=S)cn1. The molecule has 1 aromatic heterocycles. The summed E-state index contributed by atoms with van der Waals surface area (Å²) in [6, 6.07) is 0. The second-order valence-electron chi connectivity index (χ2n) is 4.64. The molecule has 0 unspecified atom stereocenters. The van der Waals surface area contributed by atoms with Gasteiger partial charge in [-0.05, 0) is 13.8 Å². The number of thiocarbonyl (C=S) groups is 1. The second kappa shape index (κ2) is 4.54. The van der Waals surface area contributed by atoms with Gasteiger partial charge in [0.05, 0.1) is 31.1 Å². The summed E-state index contributed by atoms with van der Waals surface area (Å²) < 4.78 is 5.47. The quantitative estimate of drug-likeness (QED) is 0.783. The van der Waals surface area contributed by atoms with E-state index in [2.05, 4.69) is 28.7 Å². The number of anilines is 1. The second-order valence-corrected chi connectivity index (χ2v) is 5.08. The minimum atomic E-state index is -0.0718. The van der Waals surface area contributed by atoms with Crippen LogP contribution in [0.1, 0.15) is 19.5 Å². The molecule has 5 nitrogen and oxygen atoms in total. The molecule has 0 aromatic carbocycles. The lowest BCUT2D eigenvalue weighted by atomic mass is 10.0. The fourth-order valence-electron chi connectivity index (χ4n) is 1.87. The topological polar surface area (TPSA) is 64.3 Å². The van der Waals surface area contributed by atoms with Gasteiger partial charge >= 0.3 is 0 Å². The molecular formula is C11H16N4OS. The first-order valence-corrected chi connectivity index (χ1v) is 5.89. The predicted octanol–water partition coefficient (Wildman–Crippen LogP) is 0.726. The third-order valence-corrected chi connectivity index (χ3v) is 3.02. The molecule has 0 saturated carbocycles. The molecule has 0 aliphatic carbocycles. The molecule has 0 atom stereocenters. The van der Waals surface area contributed by atoms with E-state index in [1.54, 1.807) is 12.4 Å². The Morgan fingerprint density at radius 2 is 2.24 bits per heavy atom. The summed E-state index contributed by atoms with van der Waals surface area (Å²) in [6.45, 7) is 6.45. The summed E-state index contributed by atoms with van der Waals surface area (Å²) in [4.78, 5) is 11.0. The molecule has 92 valence electrons. The van der Waals surface area contributed by atoms with Gasteiger partial charge in [-0.25, -0.2) is 9.97 Å². The van der Waals surface area contributed by atoms with Crippen molar-refractivity contribution < 1.29 is 4.74 Å². The molecule has 0 spiro atoms. The van der Waals surface area contributed by atoms with E-state index in [9.17, 15) is 0 Å². The summed E-state index contributed by atoms with van der Waals surface area (Å²) >= 11 is 4.85. The fraction of sp³-hybridized carbons (Fsp3) is 0.545. The zero-order valence-corrected chi connectivity index (χ0v) is 10.8. The maximum absolute atomic E-state index is 5.49. The van der Waals surface area contributed by atoms with Gasteiger partial charge in [0.1, 0.15) is 16.5 Å². The van der Waals surface area contributed by atoms with E-state index >= 15 is 0 Å². The summed E-state index contributed by atoms with van der Waals surface area (Å²) in [5.41, 5.74) is 5.97. The first-order chi connectivity index (χ1) is 8.00. The lowest BCUT2D eigenvalue weighted by Gasteiger charge is -2.42. The highest BCUT2D eigenvalue weighted by Crippen LogP contribution is 2.24. The van der Waals surface area contributed by atoms with Crippen LogP contribution >= 0.6 is 12.2 Å². The molecule has 2 N–H and O–H groups in total. The highest BCUT2D eigenvalue weighted by Gasteiger charge is 2.31. The van der Waals surface area contributed by atoms with Gasteiger partial charge in [0.15, 0.2) is 0 Å². The molecule has 2 heterocycles. The smallest absolute Gasteiger partial charge is 0.147 e. The van der Waals surface area contributed by atoms with E-state index in [1.807, 2.05) is 0 Å². The molecule has 2 rings (SSSR count). The average Bonchev–Trinajstić information content (AvgIpc) is 2.28. The fourth-order valence-corrected chi connectivity index (χ4v) is 1.98. The van der Waals surface area contributed by atoms with Crippen LogP contribution in [0.3, 0.4) is 0 Å². The van der Waals surface area contributed by atoms with Gasteiger partial charge in [0, 0.05) is 6.54 Å². The van der Waals surface area contributed by atoms with Crippen molar-refractivity contribution >= 4 is 23.0 Å². The number of rotatable bonds is 2. The molecule has 1 fully saturated rings. The van der Waals surface area contributed by atoms with Crippen LogP contribution in [-0.2, 0) is 4.74 Å². The van der Waals surface area contributed by atoms with Gasteiger partial charge < -0.3 is 15.4 Å². The van der Waals surface area contributed by atoms with Gasteiger partial charge in [-0.15, -0.1) is 0 Å². The lowest BCUT2D eigenvalue weighted by Crippen LogP contribution is -2.53.